The predicted octanol–water partition coefficient (Wildman–Crippen LogP) is 3.59. The Labute approximate surface area is 168 Å². The molecule has 0 amide bonds. The highest BCUT2D eigenvalue weighted by Crippen LogP contribution is 2.30. The molecule has 0 aliphatic rings. The summed E-state index contributed by atoms with van der Waals surface area (Å²) in [5.74, 6) is -0.537. The summed E-state index contributed by atoms with van der Waals surface area (Å²) in [6, 6.07) is 8.94. The number of benzene rings is 1. The van der Waals surface area contributed by atoms with E-state index in [1.54, 1.807) is 18.2 Å². The Hall–Kier alpha value is -3.81. The lowest BCUT2D eigenvalue weighted by atomic mass is 10.1. The maximum absolute atomic E-state index is 12.9. The van der Waals surface area contributed by atoms with Gasteiger partial charge in [0.2, 0.25) is 6.73 Å². The van der Waals surface area contributed by atoms with Crippen LogP contribution < -0.4 is 0 Å². The van der Waals surface area contributed by atoms with Gasteiger partial charge >= 0.3 is 12.1 Å². The largest absolute Gasteiger partial charge is 0.441 e. The summed E-state index contributed by atoms with van der Waals surface area (Å²) in [7, 11) is 0. The highest BCUT2D eigenvalue weighted by atomic mass is 19.4. The summed E-state index contributed by atoms with van der Waals surface area (Å²) < 4.78 is 43.8. The van der Waals surface area contributed by atoms with Gasteiger partial charge in [-0.1, -0.05) is 25.1 Å². The van der Waals surface area contributed by atoms with Gasteiger partial charge in [-0.05, 0) is 18.6 Å². The Morgan fingerprint density at radius 3 is 2.70 bits per heavy atom. The van der Waals surface area contributed by atoms with Crippen LogP contribution in [-0.2, 0) is 22.4 Å². The zero-order chi connectivity index (χ0) is 21.7. The first-order valence-corrected chi connectivity index (χ1v) is 8.83. The van der Waals surface area contributed by atoms with Gasteiger partial charge in [-0.15, -0.1) is 15.0 Å². The summed E-state index contributed by atoms with van der Waals surface area (Å²) in [4.78, 5) is 20.0. The van der Waals surface area contributed by atoms with E-state index in [4.69, 9.17) is 4.74 Å². The Bertz CT molecular complexity index is 1100. The van der Waals surface area contributed by atoms with Crippen LogP contribution in [0.3, 0.4) is 0 Å². The monoisotopic (exact) mass is 416 g/mol. The molecule has 0 fully saturated rings. The molecular formula is C19H15F3N6O2. The first kappa shape index (κ1) is 20.9. The van der Waals surface area contributed by atoms with Crippen molar-refractivity contribution in [1.82, 2.24) is 25.0 Å². The van der Waals surface area contributed by atoms with Crippen LogP contribution in [0.2, 0.25) is 0 Å². The van der Waals surface area contributed by atoms with Crippen LogP contribution in [0.25, 0.3) is 22.6 Å². The highest BCUT2D eigenvalue weighted by Gasteiger charge is 2.32. The standard InChI is InChI=1S/C19H15F3N6O2/c1-2-4-16(29)30-11-28-26-14(10-23)17(27-28)12-5-3-6-13(9-12)18-24-8-7-15(25-18)19(20,21)22/h3,5-9H,2,4,11H2,1H3. The lowest BCUT2D eigenvalue weighted by Gasteiger charge is -2.07. The molecule has 0 spiro atoms. The zero-order valence-electron chi connectivity index (χ0n) is 15.7. The van der Waals surface area contributed by atoms with E-state index in [1.807, 2.05) is 13.0 Å². The summed E-state index contributed by atoms with van der Waals surface area (Å²) in [5, 5.41) is 17.5. The Balaban J connectivity index is 1.91. The minimum absolute atomic E-state index is 0.0244. The number of halogens is 3. The maximum Gasteiger partial charge on any atom is 0.433 e. The van der Waals surface area contributed by atoms with Crippen LogP contribution in [0.4, 0.5) is 13.2 Å². The summed E-state index contributed by atoms with van der Waals surface area (Å²) >= 11 is 0. The van der Waals surface area contributed by atoms with Crippen molar-refractivity contribution in [2.24, 2.45) is 0 Å². The van der Waals surface area contributed by atoms with Gasteiger partial charge in [0.1, 0.15) is 17.5 Å². The van der Waals surface area contributed by atoms with E-state index in [-0.39, 0.29) is 30.4 Å². The van der Waals surface area contributed by atoms with Crippen molar-refractivity contribution in [2.75, 3.05) is 0 Å². The number of nitrogens with zero attached hydrogens (tertiary/aromatic N) is 6. The van der Waals surface area contributed by atoms with Crippen molar-refractivity contribution >= 4 is 5.97 Å². The number of aromatic nitrogens is 5. The third-order valence-corrected chi connectivity index (χ3v) is 3.90. The quantitative estimate of drug-likeness (QED) is 0.565. The van der Waals surface area contributed by atoms with Crippen LogP contribution in [-0.4, -0.2) is 30.9 Å². The van der Waals surface area contributed by atoms with Gasteiger partial charge < -0.3 is 4.74 Å². The molecule has 0 aliphatic heterocycles. The van der Waals surface area contributed by atoms with Crippen LogP contribution >= 0.6 is 0 Å². The average molecular weight is 416 g/mol. The fourth-order valence-corrected chi connectivity index (χ4v) is 2.54. The van der Waals surface area contributed by atoms with Gasteiger partial charge in [-0.3, -0.25) is 4.79 Å². The molecule has 0 atom stereocenters. The van der Waals surface area contributed by atoms with Gasteiger partial charge in [0.25, 0.3) is 0 Å². The summed E-state index contributed by atoms with van der Waals surface area (Å²) in [5.41, 5.74) is -0.153. The second-order valence-corrected chi connectivity index (χ2v) is 6.12. The Morgan fingerprint density at radius 1 is 1.23 bits per heavy atom. The number of rotatable bonds is 6. The topological polar surface area (TPSA) is 107 Å². The molecule has 154 valence electrons. The molecule has 0 aliphatic carbocycles. The molecule has 3 rings (SSSR count). The molecule has 1 aromatic carbocycles. The van der Waals surface area contributed by atoms with Crippen molar-refractivity contribution in [3.8, 4) is 28.7 Å². The first-order chi connectivity index (χ1) is 14.3. The Morgan fingerprint density at radius 2 is 2.00 bits per heavy atom. The summed E-state index contributed by atoms with van der Waals surface area (Å²) in [6.07, 6.45) is -2.69. The lowest BCUT2D eigenvalue weighted by molar-refractivity contribution is -0.148. The molecule has 11 heteroatoms. The van der Waals surface area contributed by atoms with E-state index < -0.39 is 17.8 Å². The number of carbonyl (C=O) groups is 1. The molecule has 3 aromatic rings. The third kappa shape index (κ3) is 4.78. The Kier molecular flexibility index (Phi) is 6.06. The normalized spacial score (nSPS) is 11.2. The number of hydrogen-bond acceptors (Lipinski definition) is 7. The van der Waals surface area contributed by atoms with Crippen molar-refractivity contribution in [3.05, 3.63) is 47.9 Å². The van der Waals surface area contributed by atoms with E-state index in [0.717, 1.165) is 17.1 Å². The van der Waals surface area contributed by atoms with Gasteiger partial charge in [0.05, 0.1) is 0 Å². The molecule has 0 saturated heterocycles. The van der Waals surface area contributed by atoms with Gasteiger partial charge in [-0.2, -0.15) is 18.4 Å². The van der Waals surface area contributed by atoms with Gasteiger partial charge in [-0.25, -0.2) is 9.97 Å². The third-order valence-electron chi connectivity index (χ3n) is 3.90. The molecule has 0 N–H and O–H groups in total. The molecule has 0 unspecified atom stereocenters. The maximum atomic E-state index is 12.9. The smallest absolute Gasteiger partial charge is 0.433 e. The number of nitriles is 1. The van der Waals surface area contributed by atoms with Crippen LogP contribution in [0.5, 0.6) is 0 Å². The van der Waals surface area contributed by atoms with Crippen LogP contribution in [0.15, 0.2) is 36.5 Å². The second kappa shape index (κ2) is 8.69. The zero-order valence-corrected chi connectivity index (χ0v) is 15.7. The SMILES string of the molecule is CCCC(=O)OCn1nc(C#N)c(-c2cccc(-c3nccc(C(F)(F)F)n3)c2)n1. The van der Waals surface area contributed by atoms with Crippen LogP contribution in [0.1, 0.15) is 31.2 Å². The van der Waals surface area contributed by atoms with E-state index in [0.29, 0.717) is 17.5 Å². The van der Waals surface area contributed by atoms with Crippen LogP contribution in [0, 0.1) is 11.3 Å². The number of esters is 1. The molecular weight excluding hydrogens is 401 g/mol. The minimum atomic E-state index is -4.60. The molecule has 30 heavy (non-hydrogen) atoms. The fourth-order valence-electron chi connectivity index (χ4n) is 2.54. The van der Waals surface area contributed by atoms with Crippen molar-refractivity contribution < 1.29 is 22.7 Å². The van der Waals surface area contributed by atoms with Gasteiger partial charge in [0, 0.05) is 23.7 Å². The molecule has 0 saturated carbocycles. The van der Waals surface area contributed by atoms with Crippen molar-refractivity contribution in [1.29, 1.82) is 5.26 Å². The minimum Gasteiger partial charge on any atom is -0.441 e. The molecule has 0 bridgehead atoms. The lowest BCUT2D eigenvalue weighted by Crippen LogP contribution is -2.11. The molecule has 2 heterocycles. The molecule has 0 radical (unpaired) electrons. The predicted molar refractivity (Wildman–Crippen MR) is 97.2 cm³/mol. The molecule has 8 nitrogen and oxygen atoms in total. The summed E-state index contributed by atoms with van der Waals surface area (Å²) in [6.45, 7) is 1.57. The van der Waals surface area contributed by atoms with Crippen molar-refractivity contribution in [3.63, 3.8) is 0 Å². The fraction of sp³-hybridized carbons (Fsp3) is 0.263. The number of carbonyl (C=O) groups excluding carboxylic acids is 1. The highest BCUT2D eigenvalue weighted by molar-refractivity contribution is 5.70. The molecule has 2 aromatic heterocycles. The first-order valence-electron chi connectivity index (χ1n) is 8.83. The second-order valence-electron chi connectivity index (χ2n) is 6.12. The number of ether oxygens (including phenoxy) is 1. The number of hydrogen-bond donors (Lipinski definition) is 0. The van der Waals surface area contributed by atoms with E-state index in [1.165, 1.54) is 6.07 Å². The van der Waals surface area contributed by atoms with E-state index >= 15 is 0 Å². The van der Waals surface area contributed by atoms with E-state index in [9.17, 15) is 23.2 Å². The van der Waals surface area contributed by atoms with Gasteiger partial charge in [0.15, 0.2) is 11.5 Å². The number of alkyl halides is 3. The van der Waals surface area contributed by atoms with Crippen molar-refractivity contribution in [2.45, 2.75) is 32.7 Å². The van der Waals surface area contributed by atoms with E-state index in [2.05, 4.69) is 20.2 Å². The average Bonchev–Trinajstić information content (AvgIpc) is 3.15.